The number of hydrogen-bond donors (Lipinski definition) is 1. The second kappa shape index (κ2) is 5.18. The van der Waals surface area contributed by atoms with E-state index in [9.17, 15) is 0 Å². The minimum absolute atomic E-state index is 0.445. The van der Waals surface area contributed by atoms with Crippen molar-refractivity contribution in [1.82, 2.24) is 20.5 Å². The van der Waals surface area contributed by atoms with E-state index in [1.54, 1.807) is 6.20 Å². The van der Waals surface area contributed by atoms with E-state index in [-0.39, 0.29) is 0 Å². The number of pyridine rings is 1. The van der Waals surface area contributed by atoms with Gasteiger partial charge in [0.2, 0.25) is 5.89 Å². The summed E-state index contributed by atoms with van der Waals surface area (Å²) in [5.41, 5.74) is 0.679. The first kappa shape index (κ1) is 11.2. The summed E-state index contributed by atoms with van der Waals surface area (Å²) in [6.07, 6.45) is 1.70. The second-order valence-corrected chi connectivity index (χ2v) is 4.06. The Kier molecular flexibility index (Phi) is 3.63. The molecule has 0 aliphatic carbocycles. The first-order valence-electron chi connectivity index (χ1n) is 4.94. The topological polar surface area (TPSA) is 63.8 Å². The Morgan fingerprint density at radius 1 is 1.38 bits per heavy atom. The highest BCUT2D eigenvalue weighted by molar-refractivity contribution is 9.10. The normalized spacial score (nSPS) is 10.6. The lowest BCUT2D eigenvalue weighted by Gasteiger charge is -1.95. The Labute approximate surface area is 101 Å². The molecule has 0 saturated heterocycles. The molecule has 0 aliphatic rings. The molecule has 0 spiro atoms. The molecule has 2 aromatic rings. The van der Waals surface area contributed by atoms with Gasteiger partial charge in [0, 0.05) is 10.7 Å². The minimum atomic E-state index is 0.445. The van der Waals surface area contributed by atoms with Gasteiger partial charge in [0.1, 0.15) is 5.69 Å². The van der Waals surface area contributed by atoms with Crippen LogP contribution >= 0.6 is 15.9 Å². The van der Waals surface area contributed by atoms with Crippen molar-refractivity contribution >= 4 is 15.9 Å². The highest BCUT2D eigenvalue weighted by Gasteiger charge is 2.08. The molecule has 0 atom stereocenters. The van der Waals surface area contributed by atoms with Gasteiger partial charge >= 0.3 is 0 Å². The SMILES string of the molecule is CCNCc1nnc(-c2ccc(Br)cn2)o1. The van der Waals surface area contributed by atoms with Crippen LogP contribution in [0.5, 0.6) is 0 Å². The summed E-state index contributed by atoms with van der Waals surface area (Å²) in [5.74, 6) is 1.02. The predicted molar refractivity (Wildman–Crippen MR) is 62.6 cm³/mol. The minimum Gasteiger partial charge on any atom is -0.418 e. The van der Waals surface area contributed by atoms with Crippen LogP contribution in [0.2, 0.25) is 0 Å². The van der Waals surface area contributed by atoms with Crippen LogP contribution in [0.3, 0.4) is 0 Å². The first-order chi connectivity index (χ1) is 7.79. The Balaban J connectivity index is 2.15. The number of aromatic nitrogens is 3. The molecule has 0 radical (unpaired) electrons. The number of hydrogen-bond acceptors (Lipinski definition) is 5. The van der Waals surface area contributed by atoms with Crippen molar-refractivity contribution in [2.45, 2.75) is 13.5 Å². The molecule has 2 rings (SSSR count). The smallest absolute Gasteiger partial charge is 0.266 e. The van der Waals surface area contributed by atoms with Gasteiger partial charge < -0.3 is 9.73 Å². The van der Waals surface area contributed by atoms with E-state index in [2.05, 4.69) is 36.4 Å². The van der Waals surface area contributed by atoms with E-state index >= 15 is 0 Å². The van der Waals surface area contributed by atoms with Gasteiger partial charge in [-0.1, -0.05) is 6.92 Å². The third kappa shape index (κ3) is 2.65. The summed E-state index contributed by atoms with van der Waals surface area (Å²) in [4.78, 5) is 4.18. The molecule has 0 aromatic carbocycles. The molecular weight excluding hydrogens is 272 g/mol. The van der Waals surface area contributed by atoms with Crippen LogP contribution in [0.25, 0.3) is 11.6 Å². The largest absolute Gasteiger partial charge is 0.418 e. The average molecular weight is 283 g/mol. The molecule has 2 heterocycles. The second-order valence-electron chi connectivity index (χ2n) is 3.14. The van der Waals surface area contributed by atoms with E-state index in [1.807, 2.05) is 19.1 Å². The zero-order valence-electron chi connectivity index (χ0n) is 8.77. The fraction of sp³-hybridized carbons (Fsp3) is 0.300. The molecule has 0 bridgehead atoms. The summed E-state index contributed by atoms with van der Waals surface area (Å²) in [6.45, 7) is 3.47. The van der Waals surface area contributed by atoms with Gasteiger partial charge in [0.05, 0.1) is 6.54 Å². The van der Waals surface area contributed by atoms with E-state index in [0.29, 0.717) is 24.0 Å². The molecule has 0 amide bonds. The van der Waals surface area contributed by atoms with Crippen LogP contribution in [-0.4, -0.2) is 21.7 Å². The summed E-state index contributed by atoms with van der Waals surface area (Å²) in [5, 5.41) is 11.0. The Morgan fingerprint density at radius 3 is 2.94 bits per heavy atom. The van der Waals surface area contributed by atoms with Gasteiger partial charge in [-0.05, 0) is 34.6 Å². The van der Waals surface area contributed by atoms with Crippen molar-refractivity contribution in [1.29, 1.82) is 0 Å². The quantitative estimate of drug-likeness (QED) is 0.929. The van der Waals surface area contributed by atoms with Gasteiger partial charge in [0.15, 0.2) is 0 Å². The molecule has 16 heavy (non-hydrogen) atoms. The molecule has 84 valence electrons. The van der Waals surface area contributed by atoms with E-state index < -0.39 is 0 Å². The van der Waals surface area contributed by atoms with E-state index in [4.69, 9.17) is 4.42 Å². The predicted octanol–water partition coefficient (Wildman–Crippen LogP) is 2.00. The van der Waals surface area contributed by atoms with Crippen LogP contribution in [0.15, 0.2) is 27.2 Å². The fourth-order valence-corrected chi connectivity index (χ4v) is 1.40. The monoisotopic (exact) mass is 282 g/mol. The summed E-state index contributed by atoms with van der Waals surface area (Å²) < 4.78 is 6.37. The van der Waals surface area contributed by atoms with Crippen LogP contribution in [0.1, 0.15) is 12.8 Å². The lowest BCUT2D eigenvalue weighted by molar-refractivity contribution is 0.481. The van der Waals surface area contributed by atoms with Crippen molar-refractivity contribution in [2.24, 2.45) is 0 Å². The molecule has 0 saturated carbocycles. The van der Waals surface area contributed by atoms with E-state index in [1.165, 1.54) is 0 Å². The summed E-state index contributed by atoms with van der Waals surface area (Å²) in [7, 11) is 0. The highest BCUT2D eigenvalue weighted by atomic mass is 79.9. The standard InChI is InChI=1S/C10H11BrN4O/c1-2-12-6-9-14-15-10(16-9)8-4-3-7(11)5-13-8/h3-5,12H,2,6H2,1H3. The zero-order valence-corrected chi connectivity index (χ0v) is 10.4. The van der Waals surface area contributed by atoms with Gasteiger partial charge in [-0.3, -0.25) is 0 Å². The van der Waals surface area contributed by atoms with Gasteiger partial charge in [0.25, 0.3) is 5.89 Å². The maximum atomic E-state index is 5.45. The third-order valence-electron chi connectivity index (χ3n) is 1.94. The Hall–Kier alpha value is -1.27. The zero-order chi connectivity index (χ0) is 11.4. The van der Waals surface area contributed by atoms with Crippen LogP contribution in [0.4, 0.5) is 0 Å². The molecule has 6 heteroatoms. The van der Waals surface area contributed by atoms with Gasteiger partial charge in [-0.2, -0.15) is 0 Å². The maximum absolute atomic E-state index is 5.45. The van der Waals surface area contributed by atoms with Crippen LogP contribution in [0, 0.1) is 0 Å². The number of nitrogens with one attached hydrogen (secondary N) is 1. The Morgan fingerprint density at radius 2 is 2.25 bits per heavy atom. The number of rotatable bonds is 4. The molecule has 0 aliphatic heterocycles. The molecule has 5 nitrogen and oxygen atoms in total. The van der Waals surface area contributed by atoms with E-state index in [0.717, 1.165) is 11.0 Å². The third-order valence-corrected chi connectivity index (χ3v) is 2.41. The van der Waals surface area contributed by atoms with Gasteiger partial charge in [-0.15, -0.1) is 10.2 Å². The highest BCUT2D eigenvalue weighted by Crippen LogP contribution is 2.17. The number of halogens is 1. The lowest BCUT2D eigenvalue weighted by Crippen LogP contribution is -2.11. The van der Waals surface area contributed by atoms with Crippen molar-refractivity contribution in [3.05, 3.63) is 28.7 Å². The van der Waals surface area contributed by atoms with Gasteiger partial charge in [-0.25, -0.2) is 4.98 Å². The Bertz CT molecular complexity index is 454. The summed E-state index contributed by atoms with van der Waals surface area (Å²) in [6, 6.07) is 3.71. The van der Waals surface area contributed by atoms with Crippen molar-refractivity contribution < 1.29 is 4.42 Å². The van der Waals surface area contributed by atoms with Crippen LogP contribution < -0.4 is 5.32 Å². The average Bonchev–Trinajstić information content (AvgIpc) is 2.76. The molecule has 0 unspecified atom stereocenters. The lowest BCUT2D eigenvalue weighted by atomic mass is 10.3. The van der Waals surface area contributed by atoms with Crippen LogP contribution in [-0.2, 0) is 6.54 Å². The molecule has 0 fully saturated rings. The summed E-state index contributed by atoms with van der Waals surface area (Å²) >= 11 is 3.32. The maximum Gasteiger partial charge on any atom is 0.266 e. The molecular formula is C10H11BrN4O. The van der Waals surface area contributed by atoms with Crippen molar-refractivity contribution in [2.75, 3.05) is 6.54 Å². The fourth-order valence-electron chi connectivity index (χ4n) is 1.16. The van der Waals surface area contributed by atoms with Crippen molar-refractivity contribution in [3.8, 4) is 11.6 Å². The first-order valence-corrected chi connectivity index (χ1v) is 5.74. The van der Waals surface area contributed by atoms with Crippen molar-refractivity contribution in [3.63, 3.8) is 0 Å². The molecule has 1 N–H and O–H groups in total. The molecule has 2 aromatic heterocycles. The number of nitrogens with zero attached hydrogens (tertiary/aromatic N) is 3.